The maximum Gasteiger partial charge on any atom is 0.227 e. The smallest absolute Gasteiger partial charge is 0.227 e. The average molecular weight is 368 g/mol. The third-order valence-electron chi connectivity index (χ3n) is 5.52. The number of piperidine rings is 1. The SMILES string of the molecule is COc1ccccc1CC(=O)N1CCC2(CC1)OCCc1cnc(N)nc12. The first kappa shape index (κ1) is 17.7. The quantitative estimate of drug-likeness (QED) is 0.887. The Morgan fingerprint density at radius 1 is 1.33 bits per heavy atom. The number of likely N-dealkylation sites (tertiary alicyclic amines) is 1. The van der Waals surface area contributed by atoms with Gasteiger partial charge in [-0.2, -0.15) is 0 Å². The Kier molecular flexibility index (Phi) is 4.70. The predicted molar refractivity (Wildman–Crippen MR) is 100 cm³/mol. The van der Waals surface area contributed by atoms with Gasteiger partial charge in [0.15, 0.2) is 0 Å². The molecule has 142 valence electrons. The van der Waals surface area contributed by atoms with Crippen molar-refractivity contribution >= 4 is 11.9 Å². The standard InChI is InChI=1S/C20H24N4O3/c1-26-16-5-3-2-4-14(16)12-17(25)24-9-7-20(8-10-24)18-15(6-11-27-20)13-22-19(21)23-18/h2-5,13H,6-12H2,1H3,(H2,21,22,23). The zero-order valence-corrected chi connectivity index (χ0v) is 15.5. The van der Waals surface area contributed by atoms with E-state index in [1.165, 1.54) is 0 Å². The number of fused-ring (bicyclic) bond motifs is 2. The monoisotopic (exact) mass is 368 g/mol. The zero-order chi connectivity index (χ0) is 18.9. The van der Waals surface area contributed by atoms with Crippen molar-refractivity contribution in [2.24, 2.45) is 0 Å². The molecule has 7 nitrogen and oxygen atoms in total. The van der Waals surface area contributed by atoms with Gasteiger partial charge in [-0.15, -0.1) is 0 Å². The van der Waals surface area contributed by atoms with E-state index in [4.69, 9.17) is 15.2 Å². The van der Waals surface area contributed by atoms with E-state index in [1.54, 1.807) is 13.3 Å². The Morgan fingerprint density at radius 2 is 2.11 bits per heavy atom. The summed E-state index contributed by atoms with van der Waals surface area (Å²) in [6.07, 6.45) is 4.38. The van der Waals surface area contributed by atoms with Crippen LogP contribution in [-0.2, 0) is 28.0 Å². The highest BCUT2D eigenvalue weighted by Gasteiger charge is 2.43. The molecule has 2 aliphatic heterocycles. The second kappa shape index (κ2) is 7.15. The Morgan fingerprint density at radius 3 is 2.89 bits per heavy atom. The molecule has 0 bridgehead atoms. The molecule has 4 rings (SSSR count). The molecule has 1 spiro atoms. The number of aromatic nitrogens is 2. The lowest BCUT2D eigenvalue weighted by Gasteiger charge is -2.44. The molecule has 1 aromatic carbocycles. The van der Waals surface area contributed by atoms with Crippen molar-refractivity contribution in [2.45, 2.75) is 31.3 Å². The minimum Gasteiger partial charge on any atom is -0.496 e. The first-order chi connectivity index (χ1) is 13.1. The van der Waals surface area contributed by atoms with Crippen LogP contribution in [0, 0.1) is 0 Å². The van der Waals surface area contributed by atoms with Crippen LogP contribution in [0.4, 0.5) is 5.95 Å². The molecule has 2 aromatic rings. The number of nitrogens with zero attached hydrogens (tertiary/aromatic N) is 3. The molecular weight excluding hydrogens is 344 g/mol. The molecule has 0 aliphatic carbocycles. The van der Waals surface area contributed by atoms with Crippen LogP contribution in [0.3, 0.4) is 0 Å². The van der Waals surface area contributed by atoms with Crippen LogP contribution in [-0.4, -0.2) is 47.6 Å². The molecule has 1 saturated heterocycles. The number of hydrogen-bond acceptors (Lipinski definition) is 6. The van der Waals surface area contributed by atoms with Gasteiger partial charge in [0.25, 0.3) is 0 Å². The summed E-state index contributed by atoms with van der Waals surface area (Å²) in [5, 5.41) is 0. The van der Waals surface area contributed by atoms with E-state index < -0.39 is 5.60 Å². The second-order valence-electron chi connectivity index (χ2n) is 7.06. The molecule has 1 amide bonds. The van der Waals surface area contributed by atoms with Gasteiger partial charge in [0.2, 0.25) is 11.9 Å². The Bertz CT molecular complexity index is 847. The molecule has 27 heavy (non-hydrogen) atoms. The van der Waals surface area contributed by atoms with Crippen LogP contribution in [0.15, 0.2) is 30.5 Å². The van der Waals surface area contributed by atoms with E-state index in [0.717, 1.165) is 29.0 Å². The van der Waals surface area contributed by atoms with E-state index in [1.807, 2.05) is 29.2 Å². The Balaban J connectivity index is 1.47. The molecule has 7 heteroatoms. The zero-order valence-electron chi connectivity index (χ0n) is 15.5. The number of carbonyl (C=O) groups excluding carboxylic acids is 1. The van der Waals surface area contributed by atoms with Crippen molar-refractivity contribution in [3.8, 4) is 5.75 Å². The number of methoxy groups -OCH3 is 1. The molecule has 1 aromatic heterocycles. The summed E-state index contributed by atoms with van der Waals surface area (Å²) >= 11 is 0. The van der Waals surface area contributed by atoms with Crippen LogP contribution in [0.1, 0.15) is 29.7 Å². The van der Waals surface area contributed by atoms with Gasteiger partial charge in [-0.25, -0.2) is 9.97 Å². The van der Waals surface area contributed by atoms with Gasteiger partial charge in [-0.1, -0.05) is 18.2 Å². The summed E-state index contributed by atoms with van der Waals surface area (Å²) in [7, 11) is 1.62. The van der Waals surface area contributed by atoms with Gasteiger partial charge in [-0.05, 0) is 30.9 Å². The highest BCUT2D eigenvalue weighted by atomic mass is 16.5. The summed E-state index contributed by atoms with van der Waals surface area (Å²) in [5.74, 6) is 1.12. The van der Waals surface area contributed by atoms with Crippen molar-refractivity contribution < 1.29 is 14.3 Å². The molecule has 0 unspecified atom stereocenters. The van der Waals surface area contributed by atoms with Gasteiger partial charge in [0, 0.05) is 24.8 Å². The molecular formula is C20H24N4O3. The van der Waals surface area contributed by atoms with Crippen molar-refractivity contribution in [1.29, 1.82) is 0 Å². The van der Waals surface area contributed by atoms with Crippen molar-refractivity contribution in [2.75, 3.05) is 32.5 Å². The fourth-order valence-electron chi connectivity index (χ4n) is 4.04. The number of para-hydroxylation sites is 1. The minimum atomic E-state index is -0.453. The van der Waals surface area contributed by atoms with Gasteiger partial charge in [0.05, 0.1) is 25.8 Å². The summed E-state index contributed by atoms with van der Waals surface area (Å²) in [6, 6.07) is 7.64. The fourth-order valence-corrected chi connectivity index (χ4v) is 4.04. The van der Waals surface area contributed by atoms with Crippen molar-refractivity contribution in [3.05, 3.63) is 47.3 Å². The predicted octanol–water partition coefficient (Wildman–Crippen LogP) is 1.70. The number of anilines is 1. The Labute approximate surface area is 158 Å². The van der Waals surface area contributed by atoms with Gasteiger partial charge in [0.1, 0.15) is 11.4 Å². The molecule has 1 fully saturated rings. The summed E-state index contributed by atoms with van der Waals surface area (Å²) in [6.45, 7) is 1.92. The summed E-state index contributed by atoms with van der Waals surface area (Å²) in [5.41, 5.74) is 8.26. The van der Waals surface area contributed by atoms with E-state index in [2.05, 4.69) is 9.97 Å². The lowest BCUT2D eigenvalue weighted by atomic mass is 9.83. The lowest BCUT2D eigenvalue weighted by Crippen LogP contribution is -2.49. The summed E-state index contributed by atoms with van der Waals surface area (Å²) < 4.78 is 11.5. The first-order valence-corrected chi connectivity index (χ1v) is 9.27. The highest BCUT2D eigenvalue weighted by Crippen LogP contribution is 2.40. The van der Waals surface area contributed by atoms with Crippen molar-refractivity contribution in [3.63, 3.8) is 0 Å². The molecule has 3 heterocycles. The average Bonchev–Trinajstić information content (AvgIpc) is 2.70. The maximum atomic E-state index is 12.8. The number of rotatable bonds is 3. The van der Waals surface area contributed by atoms with E-state index in [0.29, 0.717) is 39.0 Å². The number of nitrogen functional groups attached to an aromatic ring is 1. The molecule has 0 saturated carbocycles. The fraction of sp³-hybridized carbons (Fsp3) is 0.450. The van der Waals surface area contributed by atoms with Gasteiger partial charge < -0.3 is 20.1 Å². The van der Waals surface area contributed by atoms with Crippen molar-refractivity contribution in [1.82, 2.24) is 14.9 Å². The van der Waals surface area contributed by atoms with Crippen LogP contribution >= 0.6 is 0 Å². The van der Waals surface area contributed by atoms with Crippen LogP contribution in [0.5, 0.6) is 5.75 Å². The third kappa shape index (κ3) is 3.35. The number of ether oxygens (including phenoxy) is 2. The molecule has 2 aliphatic rings. The number of amides is 1. The maximum absolute atomic E-state index is 12.8. The summed E-state index contributed by atoms with van der Waals surface area (Å²) in [4.78, 5) is 23.3. The van der Waals surface area contributed by atoms with Gasteiger partial charge >= 0.3 is 0 Å². The minimum absolute atomic E-state index is 0.104. The number of nitrogens with two attached hydrogens (primary N) is 1. The highest BCUT2D eigenvalue weighted by molar-refractivity contribution is 5.79. The largest absolute Gasteiger partial charge is 0.496 e. The van der Waals surface area contributed by atoms with Crippen LogP contribution < -0.4 is 10.5 Å². The first-order valence-electron chi connectivity index (χ1n) is 9.27. The normalized spacial score (nSPS) is 18.2. The van der Waals surface area contributed by atoms with E-state index >= 15 is 0 Å². The molecule has 0 radical (unpaired) electrons. The van der Waals surface area contributed by atoms with Crippen LogP contribution in [0.25, 0.3) is 0 Å². The van der Waals surface area contributed by atoms with E-state index in [9.17, 15) is 4.79 Å². The number of hydrogen-bond donors (Lipinski definition) is 1. The number of benzene rings is 1. The lowest BCUT2D eigenvalue weighted by molar-refractivity contribution is -0.140. The molecule has 2 N–H and O–H groups in total. The third-order valence-corrected chi connectivity index (χ3v) is 5.52. The van der Waals surface area contributed by atoms with Crippen LogP contribution in [0.2, 0.25) is 0 Å². The topological polar surface area (TPSA) is 90.6 Å². The molecule has 0 atom stereocenters. The Hall–Kier alpha value is -2.67. The number of carbonyl (C=O) groups is 1. The van der Waals surface area contributed by atoms with Gasteiger partial charge in [-0.3, -0.25) is 4.79 Å². The van der Waals surface area contributed by atoms with E-state index in [-0.39, 0.29) is 11.9 Å². The second-order valence-corrected chi connectivity index (χ2v) is 7.06.